The number of aliphatic hydroxyl groups is 3. The molecule has 2 atom stereocenters. The molecule has 202 valence electrons. The summed E-state index contributed by atoms with van der Waals surface area (Å²) in [6.07, 6.45) is 2.58. The standard InChI is InChI=1S/C32H39NO5/c1-31(23-34,30(36)37)25-16-14-24(15-17-25)29(35)13-8-20-33-21-18-28(19-22-33)32(38,26-9-4-2-5-10-26)27-11-6-3-7-12-27/h2-7,9-12,14-17,28-29,34-35,38H,8,13,18-23H2,1H3,(H,36,37)/t29-,31+/m0/s1. The number of nitrogens with zero attached hydrogens (tertiary/aromatic N) is 1. The van der Waals surface area contributed by atoms with Crippen molar-refractivity contribution in [1.29, 1.82) is 0 Å². The maximum atomic E-state index is 12.1. The van der Waals surface area contributed by atoms with Crippen LogP contribution in [0.2, 0.25) is 0 Å². The second-order valence-electron chi connectivity index (χ2n) is 10.7. The number of carbonyl (C=O) groups is 1. The SMILES string of the molecule is C[C@](CO)(C(=O)O)c1ccc([C@@H](O)CCCN2CCC(C(O)(c3ccccc3)c3ccccc3)CC2)cc1. The van der Waals surface area contributed by atoms with E-state index in [2.05, 4.69) is 4.90 Å². The van der Waals surface area contributed by atoms with Gasteiger partial charge in [-0.25, -0.2) is 0 Å². The van der Waals surface area contributed by atoms with Crippen molar-refractivity contribution >= 4 is 5.97 Å². The Hall–Kier alpha value is -3.03. The fourth-order valence-electron chi connectivity index (χ4n) is 5.63. The highest BCUT2D eigenvalue weighted by atomic mass is 16.4. The molecule has 1 saturated heterocycles. The van der Waals surface area contributed by atoms with Crippen LogP contribution in [0.1, 0.15) is 61.0 Å². The minimum absolute atomic E-state index is 0.114. The van der Waals surface area contributed by atoms with Crippen LogP contribution in [-0.4, -0.2) is 57.5 Å². The van der Waals surface area contributed by atoms with E-state index in [9.17, 15) is 25.2 Å². The molecular formula is C32H39NO5. The van der Waals surface area contributed by atoms with Gasteiger partial charge in [-0.05, 0) is 80.4 Å². The Morgan fingerprint density at radius 3 is 1.89 bits per heavy atom. The van der Waals surface area contributed by atoms with Gasteiger partial charge in [0.05, 0.1) is 12.7 Å². The van der Waals surface area contributed by atoms with Crippen molar-refractivity contribution in [2.24, 2.45) is 5.92 Å². The second-order valence-corrected chi connectivity index (χ2v) is 10.7. The molecule has 0 saturated carbocycles. The topological polar surface area (TPSA) is 101 Å². The predicted molar refractivity (Wildman–Crippen MR) is 148 cm³/mol. The summed E-state index contributed by atoms with van der Waals surface area (Å²) in [6, 6.07) is 26.8. The first kappa shape index (κ1) is 28.0. The summed E-state index contributed by atoms with van der Waals surface area (Å²) in [5, 5.41) is 41.8. The zero-order valence-electron chi connectivity index (χ0n) is 22.0. The van der Waals surface area contributed by atoms with Crippen LogP contribution >= 0.6 is 0 Å². The highest BCUT2D eigenvalue weighted by Gasteiger charge is 2.41. The molecule has 1 aliphatic rings. The molecule has 3 aromatic rings. The van der Waals surface area contributed by atoms with Crippen LogP contribution in [0.15, 0.2) is 84.9 Å². The number of rotatable bonds is 11. The molecule has 0 bridgehead atoms. The van der Waals surface area contributed by atoms with Gasteiger partial charge < -0.3 is 25.3 Å². The summed E-state index contributed by atoms with van der Waals surface area (Å²) in [5.41, 5.74) is 0.737. The first-order chi connectivity index (χ1) is 18.3. The molecule has 1 aliphatic heterocycles. The van der Waals surface area contributed by atoms with Crippen molar-refractivity contribution in [3.05, 3.63) is 107 Å². The molecule has 6 heteroatoms. The Morgan fingerprint density at radius 2 is 1.42 bits per heavy atom. The molecule has 0 radical (unpaired) electrons. The lowest BCUT2D eigenvalue weighted by Gasteiger charge is -2.42. The number of likely N-dealkylation sites (tertiary alicyclic amines) is 1. The highest BCUT2D eigenvalue weighted by Crippen LogP contribution is 2.42. The van der Waals surface area contributed by atoms with Gasteiger partial charge in [0.2, 0.25) is 0 Å². The zero-order chi connectivity index (χ0) is 27.2. The number of carboxylic acid groups (broad SMARTS) is 1. The van der Waals surface area contributed by atoms with E-state index in [0.717, 1.165) is 55.6 Å². The van der Waals surface area contributed by atoms with Gasteiger partial charge in [0.1, 0.15) is 11.0 Å². The van der Waals surface area contributed by atoms with Crippen LogP contribution in [0.5, 0.6) is 0 Å². The van der Waals surface area contributed by atoms with Crippen LogP contribution in [0.25, 0.3) is 0 Å². The number of benzene rings is 3. The monoisotopic (exact) mass is 517 g/mol. The Morgan fingerprint density at radius 1 is 0.895 bits per heavy atom. The quantitative estimate of drug-likeness (QED) is 0.299. The molecule has 0 aliphatic carbocycles. The molecule has 0 aromatic heterocycles. The lowest BCUT2D eigenvalue weighted by Crippen LogP contribution is -2.44. The van der Waals surface area contributed by atoms with Gasteiger partial charge in [-0.15, -0.1) is 0 Å². The lowest BCUT2D eigenvalue weighted by atomic mass is 9.72. The summed E-state index contributed by atoms with van der Waals surface area (Å²) in [7, 11) is 0. The fraction of sp³-hybridized carbons (Fsp3) is 0.406. The van der Waals surface area contributed by atoms with Gasteiger partial charge in [-0.1, -0.05) is 84.9 Å². The van der Waals surface area contributed by atoms with Crippen molar-refractivity contribution in [2.75, 3.05) is 26.2 Å². The van der Waals surface area contributed by atoms with Gasteiger partial charge in [0, 0.05) is 0 Å². The third-order valence-electron chi connectivity index (χ3n) is 8.28. The molecule has 0 unspecified atom stereocenters. The van der Waals surface area contributed by atoms with Crippen LogP contribution < -0.4 is 0 Å². The van der Waals surface area contributed by atoms with Gasteiger partial charge in [0.15, 0.2) is 0 Å². The van der Waals surface area contributed by atoms with Crippen molar-refractivity contribution in [3.8, 4) is 0 Å². The summed E-state index contributed by atoms with van der Waals surface area (Å²) in [5.74, 6) is -0.967. The van der Waals surface area contributed by atoms with Gasteiger partial charge >= 0.3 is 5.97 Å². The van der Waals surface area contributed by atoms with Crippen LogP contribution in [0, 0.1) is 5.92 Å². The van der Waals surface area contributed by atoms with Crippen LogP contribution in [-0.2, 0) is 15.8 Å². The maximum absolute atomic E-state index is 12.1. The van der Waals surface area contributed by atoms with Crippen molar-refractivity contribution in [3.63, 3.8) is 0 Å². The maximum Gasteiger partial charge on any atom is 0.316 e. The van der Waals surface area contributed by atoms with E-state index in [-0.39, 0.29) is 5.92 Å². The molecule has 0 spiro atoms. The number of aliphatic hydroxyl groups excluding tert-OH is 2. The van der Waals surface area contributed by atoms with E-state index >= 15 is 0 Å². The molecule has 1 heterocycles. The largest absolute Gasteiger partial charge is 0.481 e. The highest BCUT2D eigenvalue weighted by molar-refractivity contribution is 5.81. The molecule has 4 N–H and O–H groups in total. The van der Waals surface area contributed by atoms with E-state index in [1.165, 1.54) is 6.92 Å². The van der Waals surface area contributed by atoms with E-state index in [1.54, 1.807) is 24.3 Å². The minimum atomic E-state index is -1.36. The number of aliphatic carboxylic acids is 1. The summed E-state index contributed by atoms with van der Waals surface area (Å²) in [6.45, 7) is 3.66. The van der Waals surface area contributed by atoms with Crippen LogP contribution in [0.4, 0.5) is 0 Å². The molecule has 0 amide bonds. The first-order valence-corrected chi connectivity index (χ1v) is 13.5. The van der Waals surface area contributed by atoms with E-state index in [4.69, 9.17) is 0 Å². The normalized spacial score (nSPS) is 17.6. The first-order valence-electron chi connectivity index (χ1n) is 13.5. The third-order valence-corrected chi connectivity index (χ3v) is 8.28. The Bertz CT molecular complexity index is 1120. The van der Waals surface area contributed by atoms with Gasteiger partial charge in [0.25, 0.3) is 0 Å². The third kappa shape index (κ3) is 5.84. The fourth-order valence-corrected chi connectivity index (χ4v) is 5.63. The molecular weight excluding hydrogens is 478 g/mol. The number of carboxylic acids is 1. The summed E-state index contributed by atoms with van der Waals surface area (Å²) in [4.78, 5) is 14.0. The Kier molecular flexibility index (Phi) is 9.00. The summed E-state index contributed by atoms with van der Waals surface area (Å²) < 4.78 is 0. The minimum Gasteiger partial charge on any atom is -0.481 e. The Balaban J connectivity index is 1.31. The Labute approximate surface area is 225 Å². The molecule has 4 rings (SSSR count). The number of hydrogen-bond acceptors (Lipinski definition) is 5. The lowest BCUT2D eigenvalue weighted by molar-refractivity contribution is -0.144. The van der Waals surface area contributed by atoms with Crippen LogP contribution in [0.3, 0.4) is 0 Å². The number of hydrogen-bond donors (Lipinski definition) is 4. The average Bonchev–Trinajstić information content (AvgIpc) is 2.97. The van der Waals surface area contributed by atoms with E-state index in [1.807, 2.05) is 60.7 Å². The molecule has 1 fully saturated rings. The molecule has 3 aromatic carbocycles. The average molecular weight is 518 g/mol. The summed E-state index contributed by atoms with van der Waals surface area (Å²) >= 11 is 0. The molecule has 6 nitrogen and oxygen atoms in total. The smallest absolute Gasteiger partial charge is 0.316 e. The van der Waals surface area contributed by atoms with E-state index < -0.39 is 29.7 Å². The zero-order valence-corrected chi connectivity index (χ0v) is 22.0. The van der Waals surface area contributed by atoms with Crippen molar-refractivity contribution < 1.29 is 25.2 Å². The van der Waals surface area contributed by atoms with Gasteiger partial charge in [-0.3, -0.25) is 4.79 Å². The second kappa shape index (κ2) is 12.2. The predicted octanol–water partition coefficient (Wildman–Crippen LogP) is 4.48. The van der Waals surface area contributed by atoms with E-state index in [0.29, 0.717) is 12.0 Å². The number of piperidine rings is 1. The molecule has 38 heavy (non-hydrogen) atoms. The van der Waals surface area contributed by atoms with Crippen molar-refractivity contribution in [1.82, 2.24) is 4.90 Å². The van der Waals surface area contributed by atoms with Crippen molar-refractivity contribution in [2.45, 2.75) is 49.7 Å². The van der Waals surface area contributed by atoms with Gasteiger partial charge in [-0.2, -0.15) is 0 Å².